The molecule has 0 aliphatic rings. The van der Waals surface area contributed by atoms with E-state index in [1.54, 1.807) is 19.1 Å². The fourth-order valence-corrected chi connectivity index (χ4v) is 2.71. The molecule has 0 atom stereocenters. The Balaban J connectivity index is 2.63. The zero-order valence-corrected chi connectivity index (χ0v) is 13.5. The van der Waals surface area contributed by atoms with Gasteiger partial charge in [0, 0.05) is 16.0 Å². The van der Waals surface area contributed by atoms with Crippen LogP contribution in [0.2, 0.25) is 0 Å². The highest BCUT2D eigenvalue weighted by Gasteiger charge is 2.30. The second-order valence-electron chi connectivity index (χ2n) is 5.12. The normalized spacial score (nSPS) is 12.8. The predicted molar refractivity (Wildman–Crippen MR) is 87.6 cm³/mol. The number of allylic oxidation sites excluding steroid dienone is 1. The number of halogens is 3. The van der Waals surface area contributed by atoms with Crippen molar-refractivity contribution in [2.24, 2.45) is 5.90 Å². The van der Waals surface area contributed by atoms with E-state index in [2.05, 4.69) is 12.6 Å². The minimum absolute atomic E-state index is 0.299. The van der Waals surface area contributed by atoms with Crippen LogP contribution in [0, 0.1) is 6.92 Å². The number of aryl methyl sites for hydroxylation is 1. The summed E-state index contributed by atoms with van der Waals surface area (Å²) in [6.45, 7) is 3.52. The van der Waals surface area contributed by atoms with Crippen molar-refractivity contribution < 1.29 is 18.0 Å². The van der Waals surface area contributed by atoms with Gasteiger partial charge in [0.05, 0.1) is 5.56 Å². The van der Waals surface area contributed by atoms with E-state index < -0.39 is 11.7 Å². The topological polar surface area (TPSA) is 35.2 Å². The maximum Gasteiger partial charge on any atom is 0.416 e. The van der Waals surface area contributed by atoms with E-state index in [4.69, 9.17) is 10.7 Å². The minimum Gasteiger partial charge on any atom is -0.411 e. The van der Waals surface area contributed by atoms with E-state index in [0.29, 0.717) is 27.4 Å². The van der Waals surface area contributed by atoms with Crippen LogP contribution in [0.15, 0.2) is 47.4 Å². The first-order valence-corrected chi connectivity index (χ1v) is 7.24. The molecule has 2 nitrogen and oxygen atoms in total. The molecule has 2 aromatic carbocycles. The van der Waals surface area contributed by atoms with Gasteiger partial charge in [-0.2, -0.15) is 19.1 Å². The number of rotatable bonds is 3. The molecule has 2 aromatic rings. The number of alkyl halides is 3. The highest BCUT2D eigenvalue weighted by molar-refractivity contribution is 7.80. The SMILES string of the molecule is C/C(=C(/ON)c1c(C)cccc1S)c1cccc(C(F)(F)F)c1. The van der Waals surface area contributed by atoms with Gasteiger partial charge in [0.25, 0.3) is 0 Å². The molecular weight excluding hydrogens is 323 g/mol. The largest absolute Gasteiger partial charge is 0.416 e. The third-order valence-electron chi connectivity index (χ3n) is 3.56. The number of hydrogen-bond acceptors (Lipinski definition) is 3. The van der Waals surface area contributed by atoms with Crippen LogP contribution in [0.4, 0.5) is 13.2 Å². The quantitative estimate of drug-likeness (QED) is 0.354. The molecule has 0 fully saturated rings. The molecule has 0 saturated heterocycles. The average Bonchev–Trinajstić information content (AvgIpc) is 2.50. The minimum atomic E-state index is -4.41. The molecule has 6 heteroatoms. The molecule has 0 unspecified atom stereocenters. The van der Waals surface area contributed by atoms with Crippen molar-refractivity contribution >= 4 is 24.0 Å². The van der Waals surface area contributed by atoms with Crippen molar-refractivity contribution in [3.05, 3.63) is 64.7 Å². The third kappa shape index (κ3) is 3.71. The van der Waals surface area contributed by atoms with Crippen molar-refractivity contribution in [1.82, 2.24) is 0 Å². The first-order valence-electron chi connectivity index (χ1n) is 6.80. The lowest BCUT2D eigenvalue weighted by Crippen LogP contribution is -2.06. The van der Waals surface area contributed by atoms with Crippen molar-refractivity contribution in [3.63, 3.8) is 0 Å². The van der Waals surface area contributed by atoms with Crippen molar-refractivity contribution in [1.29, 1.82) is 0 Å². The van der Waals surface area contributed by atoms with E-state index in [1.165, 1.54) is 6.07 Å². The summed E-state index contributed by atoms with van der Waals surface area (Å²) in [7, 11) is 0. The predicted octanol–water partition coefficient (Wildman–Crippen LogP) is 5.08. The van der Waals surface area contributed by atoms with Gasteiger partial charge in [-0.3, -0.25) is 0 Å². The first kappa shape index (κ1) is 17.4. The molecule has 0 heterocycles. The van der Waals surface area contributed by atoms with Crippen LogP contribution in [0.5, 0.6) is 0 Å². The Hall–Kier alpha value is -1.92. The number of nitrogens with two attached hydrogens (primary N) is 1. The zero-order valence-electron chi connectivity index (χ0n) is 12.6. The molecule has 0 spiro atoms. The van der Waals surface area contributed by atoms with Crippen LogP contribution in [-0.4, -0.2) is 0 Å². The summed E-state index contributed by atoms with van der Waals surface area (Å²) in [5.41, 5.74) is 1.69. The molecule has 0 aliphatic carbocycles. The summed E-state index contributed by atoms with van der Waals surface area (Å²) in [6.07, 6.45) is -4.41. The molecule has 23 heavy (non-hydrogen) atoms. The first-order chi connectivity index (χ1) is 10.8. The van der Waals surface area contributed by atoms with Gasteiger partial charge < -0.3 is 4.84 Å². The molecule has 2 rings (SSSR count). The summed E-state index contributed by atoms with van der Waals surface area (Å²) in [5.74, 6) is 5.69. The maximum absolute atomic E-state index is 12.9. The zero-order chi connectivity index (χ0) is 17.2. The van der Waals surface area contributed by atoms with Crippen molar-refractivity contribution in [2.75, 3.05) is 0 Å². The monoisotopic (exact) mass is 339 g/mol. The van der Waals surface area contributed by atoms with Crippen LogP contribution in [0.25, 0.3) is 11.3 Å². The lowest BCUT2D eigenvalue weighted by molar-refractivity contribution is -0.137. The number of benzene rings is 2. The highest BCUT2D eigenvalue weighted by atomic mass is 32.1. The molecule has 0 aromatic heterocycles. The average molecular weight is 339 g/mol. The molecular formula is C17H16F3NOS. The van der Waals surface area contributed by atoms with Crippen LogP contribution in [0.3, 0.4) is 0 Å². The summed E-state index contributed by atoms with van der Waals surface area (Å²) in [6, 6.07) is 10.5. The van der Waals surface area contributed by atoms with Gasteiger partial charge in [-0.25, -0.2) is 0 Å². The van der Waals surface area contributed by atoms with Gasteiger partial charge in [-0.05, 0) is 43.2 Å². The Labute approximate surface area is 138 Å². The fourth-order valence-electron chi connectivity index (χ4n) is 2.34. The highest BCUT2D eigenvalue weighted by Crippen LogP contribution is 2.35. The van der Waals surface area contributed by atoms with Crippen LogP contribution in [0.1, 0.15) is 29.2 Å². The van der Waals surface area contributed by atoms with E-state index in [-0.39, 0.29) is 0 Å². The summed E-state index contributed by atoms with van der Waals surface area (Å²) in [5, 5.41) is 0. The molecule has 0 aliphatic heterocycles. The van der Waals surface area contributed by atoms with Crippen LogP contribution in [-0.2, 0) is 11.0 Å². The van der Waals surface area contributed by atoms with Gasteiger partial charge in [-0.1, -0.05) is 24.3 Å². The second kappa shape index (κ2) is 6.68. The number of hydrogen-bond donors (Lipinski definition) is 2. The smallest absolute Gasteiger partial charge is 0.411 e. The maximum atomic E-state index is 12.9. The van der Waals surface area contributed by atoms with Gasteiger partial charge >= 0.3 is 6.18 Å². The number of thiol groups is 1. The molecule has 122 valence electrons. The third-order valence-corrected chi connectivity index (χ3v) is 3.93. The van der Waals surface area contributed by atoms with E-state index >= 15 is 0 Å². The molecule has 0 radical (unpaired) electrons. The summed E-state index contributed by atoms with van der Waals surface area (Å²) < 4.78 is 38.6. The van der Waals surface area contributed by atoms with Crippen molar-refractivity contribution in [3.8, 4) is 0 Å². The van der Waals surface area contributed by atoms with Crippen LogP contribution >= 0.6 is 12.6 Å². The molecule has 0 amide bonds. The summed E-state index contributed by atoms with van der Waals surface area (Å²) in [4.78, 5) is 5.63. The molecule has 2 N–H and O–H groups in total. The van der Waals surface area contributed by atoms with Gasteiger partial charge in [0.2, 0.25) is 0 Å². The lowest BCUT2D eigenvalue weighted by atomic mass is 9.98. The van der Waals surface area contributed by atoms with Gasteiger partial charge in [-0.15, -0.1) is 12.6 Å². The fraction of sp³-hybridized carbons (Fsp3) is 0.176. The standard InChI is InChI=1S/C17H16F3NOS/c1-10-5-3-8-14(23)15(10)16(22-21)11(2)12-6-4-7-13(9-12)17(18,19)20/h3-9,23H,21H2,1-2H3/b16-11-. The Kier molecular flexibility index (Phi) is 5.06. The Morgan fingerprint density at radius 3 is 2.35 bits per heavy atom. The van der Waals surface area contributed by atoms with E-state index in [1.807, 2.05) is 19.1 Å². The van der Waals surface area contributed by atoms with Gasteiger partial charge in [0.15, 0.2) is 5.76 Å². The van der Waals surface area contributed by atoms with E-state index in [9.17, 15) is 13.2 Å². The Morgan fingerprint density at radius 1 is 1.13 bits per heavy atom. The molecule has 0 bridgehead atoms. The summed E-state index contributed by atoms with van der Waals surface area (Å²) >= 11 is 4.38. The Morgan fingerprint density at radius 2 is 1.78 bits per heavy atom. The van der Waals surface area contributed by atoms with E-state index in [0.717, 1.165) is 17.7 Å². The lowest BCUT2D eigenvalue weighted by Gasteiger charge is -2.16. The Bertz CT molecular complexity index is 733. The molecule has 0 saturated carbocycles. The van der Waals surface area contributed by atoms with Gasteiger partial charge in [0.1, 0.15) is 0 Å². The van der Waals surface area contributed by atoms with Crippen LogP contribution < -0.4 is 5.90 Å². The second-order valence-corrected chi connectivity index (χ2v) is 5.60. The van der Waals surface area contributed by atoms with Crippen molar-refractivity contribution in [2.45, 2.75) is 24.9 Å².